The molecule has 1 aromatic carbocycles. The monoisotopic (exact) mass is 569 g/mol. The maximum Gasteiger partial charge on any atom is 0.246 e. The molecule has 1 aliphatic rings. The van der Waals surface area contributed by atoms with Gasteiger partial charge in [0.05, 0.1) is 11.9 Å². The van der Waals surface area contributed by atoms with Crippen molar-refractivity contribution in [3.05, 3.63) is 42.2 Å². The maximum absolute atomic E-state index is 12.7. The first-order chi connectivity index (χ1) is 15.5. The highest BCUT2D eigenvalue weighted by Gasteiger charge is 2.27. The number of hydrogen-bond acceptors (Lipinski definition) is 5. The van der Waals surface area contributed by atoms with Crippen LogP contribution in [-0.2, 0) is 18.4 Å². The van der Waals surface area contributed by atoms with E-state index in [0.717, 1.165) is 36.6 Å². The molecular formula is C23H36IN7O2. The number of nitrogens with zero attached hydrogens (tertiary/aromatic N) is 6. The molecule has 1 aliphatic heterocycles. The third-order valence-electron chi connectivity index (χ3n) is 5.70. The summed E-state index contributed by atoms with van der Waals surface area (Å²) in [7, 11) is 3.59. The first-order valence-electron chi connectivity index (χ1n) is 11.2. The lowest BCUT2D eigenvalue weighted by Gasteiger charge is -2.35. The summed E-state index contributed by atoms with van der Waals surface area (Å²) in [5.41, 5.74) is 1.89. The number of amides is 1. The van der Waals surface area contributed by atoms with Crippen LogP contribution in [0.3, 0.4) is 0 Å². The second-order valence-electron chi connectivity index (χ2n) is 7.72. The summed E-state index contributed by atoms with van der Waals surface area (Å²) in [4.78, 5) is 23.2. The van der Waals surface area contributed by atoms with Gasteiger partial charge in [0, 0.05) is 52.0 Å². The van der Waals surface area contributed by atoms with Crippen molar-refractivity contribution in [3.8, 4) is 5.75 Å². The van der Waals surface area contributed by atoms with Crippen LogP contribution in [0.25, 0.3) is 0 Å². The highest BCUT2D eigenvalue weighted by atomic mass is 127. The van der Waals surface area contributed by atoms with Crippen molar-refractivity contribution in [2.24, 2.45) is 12.0 Å². The topological polar surface area (TPSA) is 78.2 Å². The number of carbonyl (C=O) groups excluding carboxylic acids is 1. The number of aryl methyl sites for hydroxylation is 1. The van der Waals surface area contributed by atoms with E-state index in [1.807, 2.05) is 36.3 Å². The van der Waals surface area contributed by atoms with E-state index >= 15 is 0 Å². The van der Waals surface area contributed by atoms with Gasteiger partial charge in [-0.25, -0.2) is 0 Å². The molecule has 0 saturated carbocycles. The van der Waals surface area contributed by atoms with Crippen LogP contribution in [0.15, 0.2) is 41.7 Å². The molecule has 1 N–H and O–H groups in total. The van der Waals surface area contributed by atoms with Gasteiger partial charge in [-0.15, -0.1) is 24.0 Å². The number of rotatable bonds is 9. The summed E-state index contributed by atoms with van der Waals surface area (Å²) in [5.74, 6) is 1.62. The fourth-order valence-electron chi connectivity index (χ4n) is 3.80. The Balaban J connectivity index is 0.00000385. The molecule has 33 heavy (non-hydrogen) atoms. The molecule has 0 unspecified atom stereocenters. The number of aliphatic imine (C=N–C) groups is 1. The van der Waals surface area contributed by atoms with Crippen LogP contribution in [-0.4, -0.2) is 84.4 Å². The molecule has 10 heteroatoms. The molecule has 182 valence electrons. The van der Waals surface area contributed by atoms with Crippen molar-refractivity contribution in [3.63, 3.8) is 0 Å². The number of benzene rings is 1. The van der Waals surface area contributed by atoms with E-state index in [4.69, 9.17) is 4.74 Å². The van der Waals surface area contributed by atoms with Crippen molar-refractivity contribution < 1.29 is 9.53 Å². The van der Waals surface area contributed by atoms with Gasteiger partial charge in [0.1, 0.15) is 18.9 Å². The highest BCUT2D eigenvalue weighted by molar-refractivity contribution is 14.0. The molecule has 1 aromatic heterocycles. The third kappa shape index (κ3) is 7.32. The van der Waals surface area contributed by atoms with Crippen LogP contribution in [0.4, 0.5) is 5.69 Å². The molecule has 0 aliphatic carbocycles. The first kappa shape index (κ1) is 26.9. The van der Waals surface area contributed by atoms with E-state index in [1.165, 1.54) is 0 Å². The predicted molar refractivity (Wildman–Crippen MR) is 142 cm³/mol. The Kier molecular flexibility index (Phi) is 10.9. The lowest BCUT2D eigenvalue weighted by Crippen LogP contribution is -2.55. The molecule has 3 rings (SSSR count). The zero-order valence-electron chi connectivity index (χ0n) is 20.0. The number of anilines is 1. The molecule has 1 saturated heterocycles. The Hall–Kier alpha value is -2.34. The lowest BCUT2D eigenvalue weighted by atomic mass is 10.2. The minimum atomic E-state index is 0. The molecule has 2 aromatic rings. The van der Waals surface area contributed by atoms with Crippen LogP contribution in [0.5, 0.6) is 5.75 Å². The van der Waals surface area contributed by atoms with Gasteiger partial charge >= 0.3 is 0 Å². The van der Waals surface area contributed by atoms with Crippen molar-refractivity contribution in [1.82, 2.24) is 24.9 Å². The second kappa shape index (κ2) is 13.4. The summed E-state index contributed by atoms with van der Waals surface area (Å²) >= 11 is 0. The van der Waals surface area contributed by atoms with Crippen molar-refractivity contribution >= 4 is 41.5 Å². The quantitative estimate of drug-likeness (QED) is 0.284. The van der Waals surface area contributed by atoms with E-state index in [9.17, 15) is 4.79 Å². The zero-order chi connectivity index (χ0) is 22.9. The first-order valence-corrected chi connectivity index (χ1v) is 11.2. The van der Waals surface area contributed by atoms with Gasteiger partial charge in [-0.1, -0.05) is 32.0 Å². The number of hydrogen-bond donors (Lipinski definition) is 1. The van der Waals surface area contributed by atoms with Gasteiger partial charge < -0.3 is 24.8 Å². The minimum absolute atomic E-state index is 0. The van der Waals surface area contributed by atoms with E-state index < -0.39 is 0 Å². The fraction of sp³-hybridized carbons (Fsp3) is 0.522. The van der Waals surface area contributed by atoms with Crippen LogP contribution < -0.4 is 15.0 Å². The van der Waals surface area contributed by atoms with E-state index in [1.54, 1.807) is 22.8 Å². The van der Waals surface area contributed by atoms with Crippen molar-refractivity contribution in [1.29, 1.82) is 0 Å². The van der Waals surface area contributed by atoms with Crippen LogP contribution >= 0.6 is 24.0 Å². The number of piperazine rings is 1. The predicted octanol–water partition coefficient (Wildman–Crippen LogP) is 2.18. The number of likely N-dealkylation sites (N-methyl/N-ethyl adjacent to an activating group) is 1. The smallest absolute Gasteiger partial charge is 0.246 e. The Labute approximate surface area is 213 Å². The number of para-hydroxylation sites is 1. The normalized spacial score (nSPS) is 14.5. The largest absolute Gasteiger partial charge is 0.492 e. The lowest BCUT2D eigenvalue weighted by molar-refractivity contribution is -0.120. The SMILES string of the molecule is CCN(CC)CCOc1ccccc1CNC(=NC)N1CCN(c2cnn(C)c2)C(=O)C1.I. The fourth-order valence-corrected chi connectivity index (χ4v) is 3.80. The van der Waals surface area contributed by atoms with Crippen LogP contribution in [0, 0.1) is 0 Å². The molecular weight excluding hydrogens is 533 g/mol. The van der Waals surface area contributed by atoms with Crippen LogP contribution in [0.1, 0.15) is 19.4 Å². The van der Waals surface area contributed by atoms with Gasteiger partial charge in [-0.2, -0.15) is 5.10 Å². The summed E-state index contributed by atoms with van der Waals surface area (Å²) < 4.78 is 7.77. The summed E-state index contributed by atoms with van der Waals surface area (Å²) in [6.45, 7) is 10.1. The molecule has 0 bridgehead atoms. The summed E-state index contributed by atoms with van der Waals surface area (Å²) in [6, 6.07) is 8.05. The van der Waals surface area contributed by atoms with Gasteiger partial charge in [0.2, 0.25) is 5.91 Å². The van der Waals surface area contributed by atoms with Gasteiger partial charge in [0.15, 0.2) is 5.96 Å². The number of carbonyl (C=O) groups is 1. The van der Waals surface area contributed by atoms with E-state index in [0.29, 0.717) is 32.2 Å². The number of guanidine groups is 1. The maximum atomic E-state index is 12.7. The van der Waals surface area contributed by atoms with Crippen molar-refractivity contribution in [2.75, 3.05) is 57.8 Å². The molecule has 0 spiro atoms. The highest BCUT2D eigenvalue weighted by Crippen LogP contribution is 2.19. The van der Waals surface area contributed by atoms with Crippen molar-refractivity contribution in [2.45, 2.75) is 20.4 Å². The van der Waals surface area contributed by atoms with Gasteiger partial charge in [-0.05, 0) is 19.2 Å². The van der Waals surface area contributed by atoms with E-state index in [-0.39, 0.29) is 36.4 Å². The molecule has 1 amide bonds. The van der Waals surface area contributed by atoms with Gasteiger partial charge in [0.25, 0.3) is 0 Å². The second-order valence-corrected chi connectivity index (χ2v) is 7.72. The molecule has 0 radical (unpaired) electrons. The average Bonchev–Trinajstić information content (AvgIpc) is 3.24. The number of nitrogens with one attached hydrogen (secondary N) is 1. The Morgan fingerprint density at radius 1 is 1.24 bits per heavy atom. The molecule has 2 heterocycles. The standard InChI is InChI=1S/C23H35N7O2.HI/c1-5-28(6-2)13-14-32-21-10-8-7-9-19(21)15-25-23(24-3)29-11-12-30(22(31)18-29)20-16-26-27(4)17-20;/h7-10,16-17H,5-6,11-15,18H2,1-4H3,(H,24,25);1H. The number of aromatic nitrogens is 2. The van der Waals surface area contributed by atoms with E-state index in [2.05, 4.69) is 40.2 Å². The Bertz CT molecular complexity index is 914. The summed E-state index contributed by atoms with van der Waals surface area (Å²) in [5, 5.41) is 7.56. The average molecular weight is 569 g/mol. The van der Waals surface area contributed by atoms with Gasteiger partial charge in [-0.3, -0.25) is 14.5 Å². The summed E-state index contributed by atoms with van der Waals surface area (Å²) in [6.07, 6.45) is 3.58. The number of ether oxygens (including phenoxy) is 1. The molecule has 1 fully saturated rings. The Morgan fingerprint density at radius 3 is 2.64 bits per heavy atom. The number of halogens is 1. The molecule has 0 atom stereocenters. The third-order valence-corrected chi connectivity index (χ3v) is 5.70. The zero-order valence-corrected chi connectivity index (χ0v) is 22.4. The Morgan fingerprint density at radius 2 is 2.00 bits per heavy atom. The van der Waals surface area contributed by atoms with Crippen LogP contribution in [0.2, 0.25) is 0 Å². The molecule has 9 nitrogen and oxygen atoms in total. The minimum Gasteiger partial charge on any atom is -0.492 e.